The quantitative estimate of drug-likeness (QED) is 0.370. The van der Waals surface area contributed by atoms with Crippen LogP contribution in [0.25, 0.3) is 0 Å². The average molecular weight is 212 g/mol. The summed E-state index contributed by atoms with van der Waals surface area (Å²) in [7, 11) is 0. The van der Waals surface area contributed by atoms with E-state index in [-0.39, 0.29) is 5.57 Å². The second-order valence-corrected chi connectivity index (χ2v) is 3.47. The molecular formula is C9H12N2O4. The van der Waals surface area contributed by atoms with Crippen molar-refractivity contribution >= 4 is 11.9 Å². The molecule has 5 N–H and O–H groups in total. The molecule has 1 aliphatic rings. The number of hydrogen-bond donors (Lipinski definition) is 4. The van der Waals surface area contributed by atoms with Crippen LogP contribution in [0.1, 0.15) is 6.92 Å². The number of hydrazine groups is 1. The third kappa shape index (κ3) is 1.77. The van der Waals surface area contributed by atoms with Gasteiger partial charge in [0.2, 0.25) is 0 Å². The lowest BCUT2D eigenvalue weighted by molar-refractivity contribution is -0.146. The first-order chi connectivity index (χ1) is 6.93. The second-order valence-electron chi connectivity index (χ2n) is 3.47. The molecule has 0 aliphatic heterocycles. The summed E-state index contributed by atoms with van der Waals surface area (Å²) in [6.07, 6.45) is 4.15. The Kier molecular flexibility index (Phi) is 2.92. The summed E-state index contributed by atoms with van der Waals surface area (Å²) in [5.74, 6) is 2.88. The van der Waals surface area contributed by atoms with Crippen molar-refractivity contribution in [3.63, 3.8) is 0 Å². The van der Waals surface area contributed by atoms with Gasteiger partial charge in [-0.05, 0) is 6.92 Å². The molecule has 6 heteroatoms. The van der Waals surface area contributed by atoms with Gasteiger partial charge in [0, 0.05) is 0 Å². The SMILES string of the molecule is CC1(C(=O)O)C=CC=C(C(=O)O)C1NN. The van der Waals surface area contributed by atoms with E-state index < -0.39 is 23.4 Å². The minimum Gasteiger partial charge on any atom is -0.481 e. The Morgan fingerprint density at radius 2 is 2.13 bits per heavy atom. The molecule has 0 amide bonds. The maximum absolute atomic E-state index is 11.0. The van der Waals surface area contributed by atoms with Crippen LogP contribution in [0, 0.1) is 5.41 Å². The number of hydrogen-bond acceptors (Lipinski definition) is 4. The zero-order valence-corrected chi connectivity index (χ0v) is 8.10. The fraction of sp³-hybridized carbons (Fsp3) is 0.333. The summed E-state index contributed by atoms with van der Waals surface area (Å²) < 4.78 is 0. The molecule has 0 radical (unpaired) electrons. The number of carbonyl (C=O) groups is 2. The Labute approximate surface area is 86.0 Å². The number of carboxylic acid groups (broad SMARTS) is 2. The molecule has 1 aliphatic carbocycles. The molecule has 0 fully saturated rings. The van der Waals surface area contributed by atoms with Crippen LogP contribution in [-0.4, -0.2) is 28.2 Å². The monoisotopic (exact) mass is 212 g/mol. The Hall–Kier alpha value is -1.66. The number of allylic oxidation sites excluding steroid dienone is 2. The maximum Gasteiger partial charge on any atom is 0.333 e. The van der Waals surface area contributed by atoms with Gasteiger partial charge in [0.25, 0.3) is 0 Å². The molecule has 15 heavy (non-hydrogen) atoms. The molecule has 0 aromatic carbocycles. The topological polar surface area (TPSA) is 113 Å². The van der Waals surface area contributed by atoms with Gasteiger partial charge in [0.1, 0.15) is 5.41 Å². The van der Waals surface area contributed by atoms with Crippen LogP contribution in [0.4, 0.5) is 0 Å². The fourth-order valence-electron chi connectivity index (χ4n) is 1.52. The summed E-state index contributed by atoms with van der Waals surface area (Å²) in [6, 6.07) is -0.947. The fourth-order valence-corrected chi connectivity index (χ4v) is 1.52. The van der Waals surface area contributed by atoms with Crippen LogP contribution >= 0.6 is 0 Å². The van der Waals surface area contributed by atoms with E-state index in [2.05, 4.69) is 5.43 Å². The Morgan fingerprint density at radius 1 is 1.53 bits per heavy atom. The van der Waals surface area contributed by atoms with Gasteiger partial charge in [0.15, 0.2) is 0 Å². The highest BCUT2D eigenvalue weighted by atomic mass is 16.4. The van der Waals surface area contributed by atoms with Crippen molar-refractivity contribution in [3.8, 4) is 0 Å². The largest absolute Gasteiger partial charge is 0.481 e. The van der Waals surface area contributed by atoms with Crippen molar-refractivity contribution in [2.24, 2.45) is 11.3 Å². The van der Waals surface area contributed by atoms with Crippen molar-refractivity contribution in [3.05, 3.63) is 23.8 Å². The van der Waals surface area contributed by atoms with E-state index in [1.165, 1.54) is 25.2 Å². The lowest BCUT2D eigenvalue weighted by atomic mass is 9.75. The first-order valence-electron chi connectivity index (χ1n) is 4.25. The van der Waals surface area contributed by atoms with E-state index in [4.69, 9.17) is 16.1 Å². The summed E-state index contributed by atoms with van der Waals surface area (Å²) in [5, 5.41) is 17.9. The molecule has 1 rings (SSSR count). The average Bonchev–Trinajstić information content (AvgIpc) is 2.16. The van der Waals surface area contributed by atoms with Gasteiger partial charge in [-0.2, -0.15) is 0 Å². The van der Waals surface area contributed by atoms with Crippen LogP contribution in [0.3, 0.4) is 0 Å². The van der Waals surface area contributed by atoms with Crippen molar-refractivity contribution in [1.82, 2.24) is 5.43 Å². The predicted molar refractivity (Wildman–Crippen MR) is 51.7 cm³/mol. The third-order valence-electron chi connectivity index (χ3n) is 2.50. The van der Waals surface area contributed by atoms with E-state index >= 15 is 0 Å². The zero-order valence-electron chi connectivity index (χ0n) is 8.10. The highest BCUT2D eigenvalue weighted by Gasteiger charge is 2.44. The van der Waals surface area contributed by atoms with Crippen LogP contribution in [0.5, 0.6) is 0 Å². The summed E-state index contributed by atoms with van der Waals surface area (Å²) in [6.45, 7) is 1.41. The molecule has 0 heterocycles. The lowest BCUT2D eigenvalue weighted by Crippen LogP contribution is -2.53. The second kappa shape index (κ2) is 3.84. The number of rotatable bonds is 3. The zero-order chi connectivity index (χ0) is 11.6. The molecule has 2 atom stereocenters. The van der Waals surface area contributed by atoms with Gasteiger partial charge in [-0.25, -0.2) is 4.79 Å². The van der Waals surface area contributed by atoms with Gasteiger partial charge in [-0.3, -0.25) is 16.1 Å². The predicted octanol–water partition coefficient (Wildman–Crippen LogP) is -0.510. The standard InChI is InChI=1S/C9H12N2O4/c1-9(8(14)15)4-2-3-5(7(12)13)6(9)11-10/h2-4,6,11H,10H2,1H3,(H,12,13)(H,14,15). The van der Waals surface area contributed by atoms with Crippen molar-refractivity contribution in [2.75, 3.05) is 0 Å². The minimum absolute atomic E-state index is 0.0649. The summed E-state index contributed by atoms with van der Waals surface area (Å²) >= 11 is 0. The van der Waals surface area contributed by atoms with Gasteiger partial charge >= 0.3 is 11.9 Å². The molecule has 0 saturated heterocycles. The highest BCUT2D eigenvalue weighted by Crippen LogP contribution is 2.31. The Balaban J connectivity index is 3.18. The first-order valence-corrected chi connectivity index (χ1v) is 4.25. The summed E-state index contributed by atoms with van der Waals surface area (Å²) in [4.78, 5) is 21.9. The van der Waals surface area contributed by atoms with Crippen molar-refractivity contribution < 1.29 is 19.8 Å². The van der Waals surface area contributed by atoms with Gasteiger partial charge < -0.3 is 10.2 Å². The van der Waals surface area contributed by atoms with Gasteiger partial charge in [-0.1, -0.05) is 18.2 Å². The number of carboxylic acids is 2. The van der Waals surface area contributed by atoms with Crippen LogP contribution < -0.4 is 11.3 Å². The molecule has 6 nitrogen and oxygen atoms in total. The normalized spacial score (nSPS) is 29.7. The molecule has 0 aromatic rings. The molecule has 0 spiro atoms. The molecule has 2 unspecified atom stereocenters. The highest BCUT2D eigenvalue weighted by molar-refractivity contribution is 5.92. The van der Waals surface area contributed by atoms with Crippen molar-refractivity contribution in [2.45, 2.75) is 13.0 Å². The summed E-state index contributed by atoms with van der Waals surface area (Å²) in [5.41, 5.74) is 0.811. The molecule has 0 saturated carbocycles. The van der Waals surface area contributed by atoms with E-state index in [1.807, 2.05) is 0 Å². The molecule has 0 aromatic heterocycles. The van der Waals surface area contributed by atoms with Crippen LogP contribution in [0.15, 0.2) is 23.8 Å². The Morgan fingerprint density at radius 3 is 2.53 bits per heavy atom. The Bertz CT molecular complexity index is 361. The molecule has 0 bridgehead atoms. The van der Waals surface area contributed by atoms with Crippen molar-refractivity contribution in [1.29, 1.82) is 0 Å². The maximum atomic E-state index is 11.0. The van der Waals surface area contributed by atoms with E-state index in [0.717, 1.165) is 0 Å². The van der Waals surface area contributed by atoms with E-state index in [0.29, 0.717) is 0 Å². The van der Waals surface area contributed by atoms with E-state index in [1.54, 1.807) is 0 Å². The van der Waals surface area contributed by atoms with Gasteiger partial charge in [0.05, 0.1) is 11.6 Å². The smallest absolute Gasteiger partial charge is 0.333 e. The first kappa shape index (κ1) is 11.4. The third-order valence-corrected chi connectivity index (χ3v) is 2.50. The minimum atomic E-state index is -1.35. The lowest BCUT2D eigenvalue weighted by Gasteiger charge is -2.33. The van der Waals surface area contributed by atoms with Gasteiger partial charge in [-0.15, -0.1) is 0 Å². The number of aliphatic carboxylic acids is 2. The number of nitrogens with two attached hydrogens (primary N) is 1. The van der Waals surface area contributed by atoms with Crippen LogP contribution in [0.2, 0.25) is 0 Å². The molecule has 82 valence electrons. The number of nitrogens with one attached hydrogen (secondary N) is 1. The molecular weight excluding hydrogens is 200 g/mol. The van der Waals surface area contributed by atoms with E-state index in [9.17, 15) is 9.59 Å². The van der Waals surface area contributed by atoms with Crippen LogP contribution in [-0.2, 0) is 9.59 Å².